The van der Waals surface area contributed by atoms with E-state index in [1.165, 1.54) is 0 Å². The van der Waals surface area contributed by atoms with Crippen LogP contribution in [0.3, 0.4) is 0 Å². The van der Waals surface area contributed by atoms with Crippen LogP contribution in [-0.4, -0.2) is 19.5 Å². The van der Waals surface area contributed by atoms with Gasteiger partial charge >= 0.3 is 0 Å². The van der Waals surface area contributed by atoms with E-state index in [0.29, 0.717) is 11.3 Å². The average Bonchev–Trinajstić information content (AvgIpc) is 2.17. The first kappa shape index (κ1) is 13.9. The molecule has 1 rings (SSSR count). The summed E-state index contributed by atoms with van der Waals surface area (Å²) >= 11 is 0. The van der Waals surface area contributed by atoms with Gasteiger partial charge in [0.25, 0.3) is 6.43 Å². The number of halogens is 2. The summed E-state index contributed by atoms with van der Waals surface area (Å²) in [5, 5.41) is 2.77. The van der Waals surface area contributed by atoms with E-state index < -0.39 is 12.5 Å². The minimum atomic E-state index is -2.24. The average molecular weight is 233 g/mol. The molecule has 1 saturated carbocycles. The number of hydrogen-bond donors (Lipinski definition) is 1. The van der Waals surface area contributed by atoms with Crippen LogP contribution in [0.15, 0.2) is 0 Å². The Morgan fingerprint density at radius 2 is 1.56 bits per heavy atom. The first-order valence-electron chi connectivity index (χ1n) is 6.31. The fraction of sp³-hybridized carbons (Fsp3) is 1.00. The smallest absolute Gasteiger partial charge is 0.253 e. The van der Waals surface area contributed by atoms with Crippen LogP contribution in [0, 0.1) is 17.3 Å². The number of alkyl halides is 2. The summed E-state index contributed by atoms with van der Waals surface area (Å²) in [4.78, 5) is 0. The minimum absolute atomic E-state index is 0.156. The molecular formula is C13H25F2N. The molecule has 0 aromatic heterocycles. The molecule has 1 unspecified atom stereocenters. The highest BCUT2D eigenvalue weighted by Gasteiger charge is 2.35. The van der Waals surface area contributed by atoms with E-state index >= 15 is 0 Å². The van der Waals surface area contributed by atoms with Crippen molar-refractivity contribution in [1.29, 1.82) is 0 Å². The Hall–Kier alpha value is -0.180. The van der Waals surface area contributed by atoms with Crippen molar-refractivity contribution in [2.75, 3.05) is 7.05 Å². The van der Waals surface area contributed by atoms with Crippen LogP contribution >= 0.6 is 0 Å². The molecule has 1 fully saturated rings. The maximum Gasteiger partial charge on any atom is 0.253 e. The molecule has 3 heteroatoms. The molecule has 1 aliphatic rings. The van der Waals surface area contributed by atoms with E-state index in [1.54, 1.807) is 7.05 Å². The van der Waals surface area contributed by atoms with Crippen LogP contribution in [0.1, 0.15) is 46.5 Å². The van der Waals surface area contributed by atoms with E-state index in [1.807, 2.05) is 0 Å². The Morgan fingerprint density at radius 3 is 1.88 bits per heavy atom. The van der Waals surface area contributed by atoms with Gasteiger partial charge in [0.1, 0.15) is 0 Å². The lowest BCUT2D eigenvalue weighted by atomic mass is 9.68. The zero-order valence-electron chi connectivity index (χ0n) is 10.9. The molecule has 0 saturated heterocycles. The molecule has 1 aliphatic carbocycles. The molecule has 1 nitrogen and oxygen atoms in total. The van der Waals surface area contributed by atoms with Crippen molar-refractivity contribution < 1.29 is 8.78 Å². The number of nitrogens with one attached hydrogen (secondary N) is 1. The maximum absolute atomic E-state index is 12.8. The topological polar surface area (TPSA) is 12.0 Å². The predicted octanol–water partition coefficient (Wildman–Crippen LogP) is 3.69. The highest BCUT2D eigenvalue weighted by atomic mass is 19.3. The summed E-state index contributed by atoms with van der Waals surface area (Å²) in [5.41, 5.74) is 0.324. The molecule has 0 aromatic rings. The minimum Gasteiger partial charge on any atom is -0.312 e. The standard InChI is InChI=1S/C13H25F2N/c1-13(2,3)10-7-5-9(6-8-10)11(16-4)12(14)15/h9-12,16H,5-8H2,1-4H3. The summed E-state index contributed by atoms with van der Waals surface area (Å²) < 4.78 is 25.5. The highest BCUT2D eigenvalue weighted by molar-refractivity contribution is 4.86. The Kier molecular flexibility index (Phi) is 4.72. The molecule has 16 heavy (non-hydrogen) atoms. The van der Waals surface area contributed by atoms with E-state index in [9.17, 15) is 8.78 Å². The lowest BCUT2D eigenvalue weighted by Crippen LogP contribution is -2.42. The van der Waals surface area contributed by atoms with Gasteiger partial charge in [-0.05, 0) is 50.0 Å². The van der Waals surface area contributed by atoms with Crippen molar-refractivity contribution in [3.05, 3.63) is 0 Å². The van der Waals surface area contributed by atoms with Crippen molar-refractivity contribution in [2.45, 2.75) is 58.9 Å². The number of hydrogen-bond acceptors (Lipinski definition) is 1. The molecule has 0 aliphatic heterocycles. The van der Waals surface area contributed by atoms with E-state index in [2.05, 4.69) is 26.1 Å². The van der Waals surface area contributed by atoms with E-state index in [-0.39, 0.29) is 5.92 Å². The van der Waals surface area contributed by atoms with Gasteiger partial charge in [0.15, 0.2) is 0 Å². The van der Waals surface area contributed by atoms with Crippen molar-refractivity contribution in [3.8, 4) is 0 Å². The van der Waals surface area contributed by atoms with Crippen LogP contribution in [-0.2, 0) is 0 Å². The quantitative estimate of drug-likeness (QED) is 0.784. The Bertz CT molecular complexity index is 202. The second-order valence-corrected chi connectivity index (χ2v) is 6.13. The molecule has 0 radical (unpaired) electrons. The van der Waals surface area contributed by atoms with Crippen molar-refractivity contribution in [2.24, 2.45) is 17.3 Å². The normalized spacial score (nSPS) is 29.4. The molecule has 1 atom stereocenters. The van der Waals surface area contributed by atoms with Gasteiger partial charge < -0.3 is 5.32 Å². The molecule has 0 heterocycles. The predicted molar refractivity (Wildman–Crippen MR) is 63.8 cm³/mol. The van der Waals surface area contributed by atoms with Crippen molar-refractivity contribution in [1.82, 2.24) is 5.32 Å². The van der Waals surface area contributed by atoms with Crippen LogP contribution in [0.4, 0.5) is 8.78 Å². The van der Waals surface area contributed by atoms with Crippen LogP contribution in [0.25, 0.3) is 0 Å². The fourth-order valence-corrected chi connectivity index (χ4v) is 2.91. The molecule has 0 bridgehead atoms. The first-order valence-corrected chi connectivity index (χ1v) is 6.31. The Balaban J connectivity index is 2.48. The molecule has 0 aromatic carbocycles. The largest absolute Gasteiger partial charge is 0.312 e. The number of rotatable bonds is 3. The SMILES string of the molecule is CNC(C(F)F)C1CCC(C(C)(C)C)CC1. The molecule has 1 N–H and O–H groups in total. The third-order valence-corrected chi connectivity index (χ3v) is 4.11. The first-order chi connectivity index (χ1) is 7.36. The molecule has 0 spiro atoms. The van der Waals surface area contributed by atoms with Gasteiger partial charge in [-0.1, -0.05) is 20.8 Å². The van der Waals surface area contributed by atoms with Gasteiger partial charge in [-0.2, -0.15) is 0 Å². The lowest BCUT2D eigenvalue weighted by Gasteiger charge is -2.39. The van der Waals surface area contributed by atoms with Gasteiger partial charge in [0, 0.05) is 0 Å². The van der Waals surface area contributed by atoms with Crippen molar-refractivity contribution in [3.63, 3.8) is 0 Å². The van der Waals surface area contributed by atoms with Gasteiger partial charge in [0.05, 0.1) is 6.04 Å². The summed E-state index contributed by atoms with van der Waals surface area (Å²) in [5.74, 6) is 0.850. The van der Waals surface area contributed by atoms with Crippen molar-refractivity contribution >= 4 is 0 Å². The van der Waals surface area contributed by atoms with E-state index in [0.717, 1.165) is 25.7 Å². The van der Waals surface area contributed by atoms with Gasteiger partial charge in [-0.25, -0.2) is 8.78 Å². The fourth-order valence-electron chi connectivity index (χ4n) is 2.91. The maximum atomic E-state index is 12.8. The van der Waals surface area contributed by atoms with Gasteiger partial charge in [0.2, 0.25) is 0 Å². The van der Waals surface area contributed by atoms with Gasteiger partial charge in [-0.3, -0.25) is 0 Å². The summed E-state index contributed by atoms with van der Waals surface area (Å²) in [7, 11) is 1.65. The highest BCUT2D eigenvalue weighted by Crippen LogP contribution is 2.41. The molecule has 96 valence electrons. The summed E-state index contributed by atoms with van der Waals surface area (Å²) in [6, 6.07) is -0.610. The zero-order chi connectivity index (χ0) is 12.3. The van der Waals surface area contributed by atoms with Gasteiger partial charge in [-0.15, -0.1) is 0 Å². The molecule has 0 amide bonds. The summed E-state index contributed by atoms with van der Waals surface area (Å²) in [6.07, 6.45) is 1.84. The molecular weight excluding hydrogens is 208 g/mol. The van der Waals surface area contributed by atoms with E-state index in [4.69, 9.17) is 0 Å². The van der Waals surface area contributed by atoms with Crippen LogP contribution in [0.2, 0.25) is 0 Å². The Morgan fingerprint density at radius 1 is 1.06 bits per heavy atom. The third kappa shape index (κ3) is 3.41. The third-order valence-electron chi connectivity index (χ3n) is 4.11. The Labute approximate surface area is 98.0 Å². The second kappa shape index (κ2) is 5.44. The second-order valence-electron chi connectivity index (χ2n) is 6.13. The monoisotopic (exact) mass is 233 g/mol. The zero-order valence-corrected chi connectivity index (χ0v) is 10.9. The van der Waals surface area contributed by atoms with Crippen LogP contribution < -0.4 is 5.32 Å². The lowest BCUT2D eigenvalue weighted by molar-refractivity contribution is 0.0452. The summed E-state index contributed by atoms with van der Waals surface area (Å²) in [6.45, 7) is 6.75. The van der Waals surface area contributed by atoms with Crippen LogP contribution in [0.5, 0.6) is 0 Å².